The molecular weight excluding hydrogens is 387 g/mol. The Bertz CT molecular complexity index is 1180. The molecule has 0 spiro atoms. The molecule has 2 aromatic heterocycles. The highest BCUT2D eigenvalue weighted by Gasteiger charge is 2.22. The lowest BCUT2D eigenvalue weighted by Crippen LogP contribution is -2.18. The van der Waals surface area contributed by atoms with Crippen molar-refractivity contribution in [2.45, 2.75) is 33.4 Å². The average molecular weight is 408 g/mol. The Hall–Kier alpha value is -3.68. The van der Waals surface area contributed by atoms with Gasteiger partial charge in [0.05, 0.1) is 16.6 Å². The SMILES string of the molecule is CCCn1c(NC(=O)c2noc(C)c2COc2ccc(F)cc2)nc2ccccc21. The Labute approximate surface area is 172 Å². The zero-order chi connectivity index (χ0) is 21.1. The van der Waals surface area contributed by atoms with E-state index in [0.29, 0.717) is 29.6 Å². The normalized spacial score (nSPS) is 11.0. The van der Waals surface area contributed by atoms with Crippen LogP contribution in [0.5, 0.6) is 5.75 Å². The van der Waals surface area contributed by atoms with E-state index >= 15 is 0 Å². The van der Waals surface area contributed by atoms with Crippen LogP contribution in [0.2, 0.25) is 0 Å². The van der Waals surface area contributed by atoms with Gasteiger partial charge in [-0.15, -0.1) is 0 Å². The van der Waals surface area contributed by atoms with Crippen LogP contribution in [0.15, 0.2) is 53.1 Å². The van der Waals surface area contributed by atoms with Gasteiger partial charge in [0.2, 0.25) is 5.95 Å². The predicted octanol–water partition coefficient (Wildman–Crippen LogP) is 4.71. The molecule has 0 unspecified atom stereocenters. The molecule has 0 saturated heterocycles. The maximum atomic E-state index is 13.1. The summed E-state index contributed by atoms with van der Waals surface area (Å²) < 4.78 is 25.9. The van der Waals surface area contributed by atoms with Crippen molar-refractivity contribution in [3.8, 4) is 5.75 Å². The number of hydrogen-bond donors (Lipinski definition) is 1. The molecule has 0 atom stereocenters. The molecule has 4 aromatic rings. The molecule has 0 bridgehead atoms. The third-order valence-corrected chi connectivity index (χ3v) is 4.72. The number of aromatic nitrogens is 3. The number of carbonyl (C=O) groups excluding carboxylic acids is 1. The topological polar surface area (TPSA) is 82.2 Å². The number of fused-ring (bicyclic) bond motifs is 1. The fourth-order valence-corrected chi connectivity index (χ4v) is 3.21. The van der Waals surface area contributed by atoms with Gasteiger partial charge >= 0.3 is 0 Å². The highest BCUT2D eigenvalue weighted by Crippen LogP contribution is 2.22. The van der Waals surface area contributed by atoms with E-state index in [4.69, 9.17) is 9.26 Å². The summed E-state index contributed by atoms with van der Waals surface area (Å²) in [4.78, 5) is 17.5. The molecule has 2 heterocycles. The number of nitrogens with one attached hydrogen (secondary N) is 1. The van der Waals surface area contributed by atoms with E-state index in [2.05, 4.69) is 22.4 Å². The fraction of sp³-hybridized carbons (Fsp3) is 0.227. The molecule has 0 saturated carbocycles. The number of aryl methyl sites for hydroxylation is 2. The maximum absolute atomic E-state index is 13.1. The Morgan fingerprint density at radius 1 is 1.20 bits per heavy atom. The lowest BCUT2D eigenvalue weighted by molar-refractivity contribution is 0.101. The zero-order valence-corrected chi connectivity index (χ0v) is 16.7. The number of nitrogens with zero attached hydrogens (tertiary/aromatic N) is 3. The van der Waals surface area contributed by atoms with E-state index in [1.54, 1.807) is 6.92 Å². The van der Waals surface area contributed by atoms with Gasteiger partial charge in [0.1, 0.15) is 23.9 Å². The van der Waals surface area contributed by atoms with E-state index in [-0.39, 0.29) is 18.1 Å². The minimum absolute atomic E-state index is 0.0646. The third kappa shape index (κ3) is 3.89. The third-order valence-electron chi connectivity index (χ3n) is 4.72. The first-order valence-corrected chi connectivity index (χ1v) is 9.67. The van der Waals surface area contributed by atoms with Crippen molar-refractivity contribution in [2.75, 3.05) is 5.32 Å². The second-order valence-electron chi connectivity index (χ2n) is 6.84. The van der Waals surface area contributed by atoms with E-state index in [9.17, 15) is 9.18 Å². The van der Waals surface area contributed by atoms with E-state index in [1.165, 1.54) is 24.3 Å². The number of hydrogen-bond acceptors (Lipinski definition) is 5. The van der Waals surface area contributed by atoms with Crippen LogP contribution in [0.1, 0.15) is 35.2 Å². The van der Waals surface area contributed by atoms with Crippen molar-refractivity contribution in [2.24, 2.45) is 0 Å². The first-order valence-electron chi connectivity index (χ1n) is 9.67. The van der Waals surface area contributed by atoms with E-state index in [0.717, 1.165) is 17.5 Å². The van der Waals surface area contributed by atoms with Crippen LogP contribution < -0.4 is 10.1 Å². The summed E-state index contributed by atoms with van der Waals surface area (Å²) in [5.41, 5.74) is 2.41. The lowest BCUT2D eigenvalue weighted by Gasteiger charge is -2.09. The molecule has 2 aromatic carbocycles. The largest absolute Gasteiger partial charge is 0.489 e. The number of anilines is 1. The molecule has 1 N–H and O–H groups in total. The highest BCUT2D eigenvalue weighted by atomic mass is 19.1. The monoisotopic (exact) mass is 408 g/mol. The first kappa shape index (κ1) is 19.6. The van der Waals surface area contributed by atoms with Gasteiger partial charge in [-0.3, -0.25) is 10.1 Å². The van der Waals surface area contributed by atoms with Crippen molar-refractivity contribution in [1.29, 1.82) is 0 Å². The second kappa shape index (κ2) is 8.36. The molecule has 1 amide bonds. The standard InChI is InChI=1S/C22H21FN4O3/c1-3-12-27-19-7-5-4-6-18(19)24-22(27)25-21(28)20-17(14(2)30-26-20)13-29-16-10-8-15(23)9-11-16/h4-11H,3,12-13H2,1-2H3,(H,24,25,28). The van der Waals surface area contributed by atoms with Crippen molar-refractivity contribution in [1.82, 2.24) is 14.7 Å². The summed E-state index contributed by atoms with van der Waals surface area (Å²) in [7, 11) is 0. The van der Waals surface area contributed by atoms with E-state index in [1.807, 2.05) is 28.8 Å². The summed E-state index contributed by atoms with van der Waals surface area (Å²) in [6.45, 7) is 4.55. The zero-order valence-electron chi connectivity index (χ0n) is 16.7. The van der Waals surface area contributed by atoms with Gasteiger partial charge in [-0.2, -0.15) is 0 Å². The van der Waals surface area contributed by atoms with Gasteiger partial charge in [-0.05, 0) is 49.7 Å². The molecule has 0 aliphatic heterocycles. The molecule has 0 radical (unpaired) electrons. The van der Waals surface area contributed by atoms with Gasteiger partial charge in [0.25, 0.3) is 5.91 Å². The summed E-state index contributed by atoms with van der Waals surface area (Å²) in [6, 6.07) is 13.4. The number of rotatable bonds is 7. The van der Waals surface area contributed by atoms with Gasteiger partial charge in [-0.1, -0.05) is 24.2 Å². The van der Waals surface area contributed by atoms with Crippen molar-refractivity contribution in [3.63, 3.8) is 0 Å². The number of amides is 1. The first-order chi connectivity index (χ1) is 14.6. The smallest absolute Gasteiger partial charge is 0.280 e. The van der Waals surface area contributed by atoms with Crippen LogP contribution in [0.3, 0.4) is 0 Å². The van der Waals surface area contributed by atoms with Crippen molar-refractivity contribution in [3.05, 3.63) is 71.4 Å². The van der Waals surface area contributed by atoms with Crippen LogP contribution in [0.25, 0.3) is 11.0 Å². The molecule has 30 heavy (non-hydrogen) atoms. The molecule has 0 aliphatic carbocycles. The fourth-order valence-electron chi connectivity index (χ4n) is 3.21. The molecule has 0 aliphatic rings. The summed E-state index contributed by atoms with van der Waals surface area (Å²) >= 11 is 0. The minimum Gasteiger partial charge on any atom is -0.489 e. The second-order valence-corrected chi connectivity index (χ2v) is 6.84. The predicted molar refractivity (Wildman–Crippen MR) is 110 cm³/mol. The highest BCUT2D eigenvalue weighted by molar-refractivity contribution is 6.03. The number of para-hydroxylation sites is 2. The van der Waals surface area contributed by atoms with Crippen molar-refractivity contribution >= 4 is 22.9 Å². The number of ether oxygens (including phenoxy) is 1. The summed E-state index contributed by atoms with van der Waals surface area (Å²) in [5, 5.41) is 6.75. The van der Waals surface area contributed by atoms with Gasteiger partial charge in [0.15, 0.2) is 5.69 Å². The van der Waals surface area contributed by atoms with Crippen LogP contribution in [-0.2, 0) is 13.2 Å². The molecule has 154 valence electrons. The minimum atomic E-state index is -0.433. The number of halogens is 1. The Balaban J connectivity index is 1.56. The van der Waals surface area contributed by atoms with Gasteiger partial charge in [-0.25, -0.2) is 9.37 Å². The molecule has 7 nitrogen and oxygen atoms in total. The van der Waals surface area contributed by atoms with Gasteiger partial charge in [0, 0.05) is 6.54 Å². The molecule has 0 fully saturated rings. The van der Waals surface area contributed by atoms with Crippen molar-refractivity contribution < 1.29 is 18.4 Å². The summed E-state index contributed by atoms with van der Waals surface area (Å²) in [6.07, 6.45) is 0.892. The Morgan fingerprint density at radius 3 is 2.73 bits per heavy atom. The van der Waals surface area contributed by atoms with E-state index < -0.39 is 5.91 Å². The van der Waals surface area contributed by atoms with Gasteiger partial charge < -0.3 is 13.8 Å². The van der Waals surface area contributed by atoms with Crippen LogP contribution in [0.4, 0.5) is 10.3 Å². The Morgan fingerprint density at radius 2 is 1.97 bits per heavy atom. The lowest BCUT2D eigenvalue weighted by atomic mass is 10.2. The van der Waals surface area contributed by atoms with Crippen LogP contribution in [-0.4, -0.2) is 20.6 Å². The average Bonchev–Trinajstić information content (AvgIpc) is 3.28. The quantitative estimate of drug-likeness (QED) is 0.479. The molecule has 4 rings (SSSR count). The van der Waals surface area contributed by atoms with Crippen LogP contribution in [0, 0.1) is 12.7 Å². The maximum Gasteiger partial charge on any atom is 0.280 e. The number of imidazole rings is 1. The number of benzene rings is 2. The summed E-state index contributed by atoms with van der Waals surface area (Å²) in [5.74, 6) is 0.627. The molecule has 8 heteroatoms. The number of carbonyl (C=O) groups is 1. The Kier molecular flexibility index (Phi) is 5.47. The molecular formula is C22H21FN4O3. The van der Waals surface area contributed by atoms with Crippen LogP contribution >= 0.6 is 0 Å².